The highest BCUT2D eigenvalue weighted by molar-refractivity contribution is 7.89. The number of hydrogen-bond acceptors (Lipinski definition) is 7. The molecule has 38 heavy (non-hydrogen) atoms. The zero-order valence-electron chi connectivity index (χ0n) is 22.8. The highest BCUT2D eigenvalue weighted by Gasteiger charge is 2.53. The number of ether oxygens (including phenoxy) is 1. The highest BCUT2D eigenvalue weighted by Crippen LogP contribution is 2.53. The Bertz CT molecular complexity index is 1370. The number of anilines is 1. The summed E-state index contributed by atoms with van der Waals surface area (Å²) < 4.78 is 33.9. The monoisotopic (exact) mass is 559 g/mol. The lowest BCUT2D eigenvalue weighted by molar-refractivity contribution is 0.0600. The lowest BCUT2D eigenvalue weighted by Crippen LogP contribution is -2.37. The molecule has 3 heterocycles. The largest absolute Gasteiger partial charge is 0.465 e. The normalized spacial score (nSPS) is 25.1. The van der Waals surface area contributed by atoms with Gasteiger partial charge >= 0.3 is 5.97 Å². The average molecular weight is 560 g/mol. The van der Waals surface area contributed by atoms with Crippen molar-refractivity contribution in [2.24, 2.45) is 10.8 Å². The number of benzene rings is 1. The molecule has 1 saturated carbocycles. The van der Waals surface area contributed by atoms with E-state index >= 15 is 0 Å². The Hall–Kier alpha value is -2.27. The van der Waals surface area contributed by atoms with Crippen molar-refractivity contribution in [2.45, 2.75) is 70.9 Å². The Labute approximate surface area is 229 Å². The average Bonchev–Trinajstić information content (AvgIpc) is 3.35. The van der Waals surface area contributed by atoms with Gasteiger partial charge in [0.1, 0.15) is 5.00 Å². The standard InChI is InChI=1S/C28H37N3O5S2/c1-6-30-12-11-21-22(15-30)37-25(23(21)26(33)36-5)29-24(32)18-7-9-20(10-8-18)38(34,35)31-17-28(4)14-19(31)13-27(2,3)16-28/h7-10,19H,6,11-17H2,1-5H3,(H,29,32)/t19-,28+/m1/s1. The van der Waals surface area contributed by atoms with Crippen LogP contribution in [0.4, 0.5) is 5.00 Å². The maximum atomic E-state index is 13.6. The van der Waals surface area contributed by atoms with Crippen molar-refractivity contribution in [3.63, 3.8) is 0 Å². The Morgan fingerprint density at radius 1 is 1.16 bits per heavy atom. The first-order chi connectivity index (χ1) is 17.9. The second kappa shape index (κ2) is 9.73. The first-order valence-corrected chi connectivity index (χ1v) is 15.5. The van der Waals surface area contributed by atoms with E-state index in [0.717, 1.165) is 55.8 Å². The van der Waals surface area contributed by atoms with Gasteiger partial charge in [-0.25, -0.2) is 13.2 Å². The summed E-state index contributed by atoms with van der Waals surface area (Å²) in [5, 5.41) is 3.36. The third kappa shape index (κ3) is 4.92. The van der Waals surface area contributed by atoms with Crippen LogP contribution in [-0.2, 0) is 27.7 Å². The lowest BCUT2D eigenvalue weighted by atomic mass is 9.65. The summed E-state index contributed by atoms with van der Waals surface area (Å²) in [5.74, 6) is -0.853. The van der Waals surface area contributed by atoms with Gasteiger partial charge in [0.2, 0.25) is 10.0 Å². The van der Waals surface area contributed by atoms with Gasteiger partial charge in [0, 0.05) is 36.1 Å². The zero-order valence-corrected chi connectivity index (χ0v) is 24.4. The van der Waals surface area contributed by atoms with Crippen molar-refractivity contribution in [3.8, 4) is 0 Å². The second-order valence-corrected chi connectivity index (χ2v) is 15.1. The molecule has 1 aliphatic carbocycles. The molecule has 1 N–H and O–H groups in total. The number of esters is 1. The van der Waals surface area contributed by atoms with E-state index in [4.69, 9.17) is 4.74 Å². The fraction of sp³-hybridized carbons (Fsp3) is 0.571. The Morgan fingerprint density at radius 2 is 1.87 bits per heavy atom. The van der Waals surface area contributed by atoms with Crippen molar-refractivity contribution in [3.05, 3.63) is 45.8 Å². The van der Waals surface area contributed by atoms with Gasteiger partial charge in [0.25, 0.3) is 5.91 Å². The minimum atomic E-state index is -3.68. The fourth-order valence-corrected chi connectivity index (χ4v) is 9.96. The highest BCUT2D eigenvalue weighted by atomic mass is 32.2. The Kier molecular flexibility index (Phi) is 6.99. The van der Waals surface area contributed by atoms with Gasteiger partial charge in [-0.2, -0.15) is 4.31 Å². The van der Waals surface area contributed by atoms with Gasteiger partial charge in [-0.1, -0.05) is 27.7 Å². The fourth-order valence-electron chi connectivity index (χ4n) is 6.91. The van der Waals surface area contributed by atoms with Crippen LogP contribution in [0.2, 0.25) is 0 Å². The minimum absolute atomic E-state index is 0.00182. The molecule has 2 bridgehead atoms. The number of amides is 1. The number of likely N-dealkylation sites (N-methyl/N-ethyl adjacent to an activating group) is 1. The number of nitrogens with one attached hydrogen (secondary N) is 1. The number of carbonyl (C=O) groups is 2. The van der Waals surface area contributed by atoms with Crippen LogP contribution >= 0.6 is 11.3 Å². The Balaban J connectivity index is 1.36. The maximum absolute atomic E-state index is 13.6. The summed E-state index contributed by atoms with van der Waals surface area (Å²) in [5.41, 5.74) is 1.80. The summed E-state index contributed by atoms with van der Waals surface area (Å²) in [6, 6.07) is 6.11. The van der Waals surface area contributed by atoms with Gasteiger partial charge < -0.3 is 10.1 Å². The molecule has 2 aliphatic heterocycles. The summed E-state index contributed by atoms with van der Waals surface area (Å²) in [6.45, 7) is 11.8. The molecule has 0 unspecified atom stereocenters. The van der Waals surface area contributed by atoms with E-state index in [1.54, 1.807) is 16.4 Å². The van der Waals surface area contributed by atoms with E-state index in [9.17, 15) is 18.0 Å². The summed E-state index contributed by atoms with van der Waals surface area (Å²) in [4.78, 5) is 29.3. The molecule has 3 aliphatic rings. The van der Waals surface area contributed by atoms with Crippen LogP contribution in [0.5, 0.6) is 0 Å². The number of methoxy groups -OCH3 is 1. The van der Waals surface area contributed by atoms with E-state index in [0.29, 0.717) is 22.7 Å². The Morgan fingerprint density at radius 3 is 2.53 bits per heavy atom. The van der Waals surface area contributed by atoms with Crippen molar-refractivity contribution in [2.75, 3.05) is 32.1 Å². The minimum Gasteiger partial charge on any atom is -0.465 e. The van der Waals surface area contributed by atoms with Gasteiger partial charge in [-0.15, -0.1) is 11.3 Å². The van der Waals surface area contributed by atoms with Crippen LogP contribution in [0.15, 0.2) is 29.2 Å². The molecule has 0 spiro atoms. The van der Waals surface area contributed by atoms with Crippen molar-refractivity contribution >= 4 is 38.2 Å². The first-order valence-electron chi connectivity index (χ1n) is 13.2. The molecule has 2 atom stereocenters. The van der Waals surface area contributed by atoms with Crippen LogP contribution in [0.1, 0.15) is 78.1 Å². The molecule has 10 heteroatoms. The quantitative estimate of drug-likeness (QED) is 0.513. The topological polar surface area (TPSA) is 96.0 Å². The van der Waals surface area contributed by atoms with Crippen LogP contribution in [0.3, 0.4) is 0 Å². The molecule has 1 aromatic heterocycles. The maximum Gasteiger partial charge on any atom is 0.341 e. The number of fused-ring (bicyclic) bond motifs is 3. The smallest absolute Gasteiger partial charge is 0.341 e. The SMILES string of the molecule is CCN1CCc2c(sc(NC(=O)c3ccc(S(=O)(=O)N4C[C@@]5(C)C[C@H]4CC(C)(C)C5)cc3)c2C(=O)OC)C1. The number of carbonyl (C=O) groups excluding carboxylic acids is 2. The van der Waals surface area contributed by atoms with Crippen molar-refractivity contribution < 1.29 is 22.7 Å². The summed E-state index contributed by atoms with van der Waals surface area (Å²) >= 11 is 1.40. The van der Waals surface area contributed by atoms with E-state index in [2.05, 4.69) is 37.9 Å². The molecule has 206 valence electrons. The molecule has 2 fully saturated rings. The number of nitrogens with zero attached hydrogens (tertiary/aromatic N) is 2. The van der Waals surface area contributed by atoms with Crippen LogP contribution in [0, 0.1) is 10.8 Å². The molecule has 0 radical (unpaired) electrons. The molecule has 2 aromatic rings. The number of rotatable bonds is 6. The third-order valence-corrected chi connectivity index (χ3v) is 11.3. The number of sulfonamides is 1. The molecule has 8 nitrogen and oxygen atoms in total. The predicted molar refractivity (Wildman–Crippen MR) is 148 cm³/mol. The third-order valence-electron chi connectivity index (χ3n) is 8.29. The van der Waals surface area contributed by atoms with E-state index in [1.165, 1.54) is 30.6 Å². The lowest BCUT2D eigenvalue weighted by Gasteiger charge is -2.39. The molecule has 1 amide bonds. The molecular formula is C28H37N3O5S2. The molecular weight excluding hydrogens is 522 g/mol. The van der Waals surface area contributed by atoms with Gasteiger partial charge in [-0.05, 0) is 72.9 Å². The number of thiophene rings is 1. The van der Waals surface area contributed by atoms with Crippen LogP contribution in [-0.4, -0.2) is 62.3 Å². The van der Waals surface area contributed by atoms with Gasteiger partial charge in [0.05, 0.1) is 17.6 Å². The van der Waals surface area contributed by atoms with E-state index < -0.39 is 21.9 Å². The zero-order chi connectivity index (χ0) is 27.5. The summed E-state index contributed by atoms with van der Waals surface area (Å²) in [6.07, 6.45) is 3.48. The molecule has 1 saturated heterocycles. The second-order valence-electron chi connectivity index (χ2n) is 12.1. The van der Waals surface area contributed by atoms with E-state index in [1.807, 2.05) is 0 Å². The first kappa shape index (κ1) is 27.3. The van der Waals surface area contributed by atoms with E-state index in [-0.39, 0.29) is 21.8 Å². The van der Waals surface area contributed by atoms with Gasteiger partial charge in [0.15, 0.2) is 0 Å². The summed E-state index contributed by atoms with van der Waals surface area (Å²) in [7, 11) is -2.33. The van der Waals surface area contributed by atoms with Crippen LogP contribution < -0.4 is 5.32 Å². The molecule has 1 aromatic carbocycles. The van der Waals surface area contributed by atoms with Crippen LogP contribution in [0.25, 0.3) is 0 Å². The predicted octanol–water partition coefficient (Wildman–Crippen LogP) is 4.75. The molecule has 5 rings (SSSR count). The van der Waals surface area contributed by atoms with Gasteiger partial charge in [-0.3, -0.25) is 9.69 Å². The van der Waals surface area contributed by atoms with Crippen molar-refractivity contribution in [1.29, 1.82) is 0 Å². The van der Waals surface area contributed by atoms with Crippen molar-refractivity contribution in [1.82, 2.24) is 9.21 Å². The number of hydrogen-bond donors (Lipinski definition) is 1.